The molecule has 150 valence electrons. The average Bonchev–Trinajstić information content (AvgIpc) is 3.29. The van der Waals surface area contributed by atoms with Crippen molar-refractivity contribution in [3.63, 3.8) is 0 Å². The van der Waals surface area contributed by atoms with Crippen molar-refractivity contribution in [2.75, 3.05) is 7.11 Å². The number of benzene rings is 3. The highest BCUT2D eigenvalue weighted by Crippen LogP contribution is 2.41. The molecule has 1 heterocycles. The molecule has 4 heteroatoms. The molecule has 4 rings (SSSR count). The van der Waals surface area contributed by atoms with Crippen molar-refractivity contribution in [2.45, 2.75) is 18.4 Å². The first-order valence-corrected chi connectivity index (χ1v) is 10.0. The molecule has 0 atom stereocenters. The number of hydrogen-bond acceptors (Lipinski definition) is 3. The fourth-order valence-corrected chi connectivity index (χ4v) is 4.10. The van der Waals surface area contributed by atoms with Gasteiger partial charge < -0.3 is 9.30 Å². The van der Waals surface area contributed by atoms with Gasteiger partial charge in [0.2, 0.25) is 0 Å². The van der Waals surface area contributed by atoms with Crippen LogP contribution in [-0.4, -0.2) is 22.6 Å². The van der Waals surface area contributed by atoms with Crippen molar-refractivity contribution < 1.29 is 9.53 Å². The summed E-state index contributed by atoms with van der Waals surface area (Å²) in [4.78, 5) is 16.4. The third kappa shape index (κ3) is 3.52. The highest BCUT2D eigenvalue weighted by atomic mass is 16.5. The molecule has 4 aromatic rings. The Hall–Kier alpha value is -3.66. The van der Waals surface area contributed by atoms with Gasteiger partial charge in [-0.1, -0.05) is 91.0 Å². The molecule has 4 nitrogen and oxygen atoms in total. The minimum atomic E-state index is -0.619. The van der Waals surface area contributed by atoms with Crippen molar-refractivity contribution in [3.05, 3.63) is 126 Å². The molecular weight excluding hydrogens is 372 g/mol. The number of methoxy groups -OCH3 is 1. The summed E-state index contributed by atoms with van der Waals surface area (Å²) < 4.78 is 7.04. The third-order valence-corrected chi connectivity index (χ3v) is 5.43. The predicted octanol–water partition coefficient (Wildman–Crippen LogP) is 4.83. The first-order valence-electron chi connectivity index (χ1n) is 10.0. The van der Waals surface area contributed by atoms with E-state index in [2.05, 4.69) is 82.3 Å². The molecule has 0 N–H and O–H groups in total. The number of carbonyl (C=O) groups excluding carboxylic acids is 1. The second kappa shape index (κ2) is 8.78. The van der Waals surface area contributed by atoms with Gasteiger partial charge in [0.25, 0.3) is 0 Å². The molecule has 0 saturated carbocycles. The van der Waals surface area contributed by atoms with Gasteiger partial charge in [0.1, 0.15) is 11.4 Å². The standard InChI is InChI=1S/C26H24N2O2/c1-30-25(29)18-17-24-27-19-20-28(24)26(21-11-5-2-6-12-21,22-13-7-3-8-14-22)23-15-9-4-10-16-23/h2-16,19-20H,17-18H2,1H3. The molecule has 0 saturated heterocycles. The van der Waals surface area contributed by atoms with Gasteiger partial charge in [-0.05, 0) is 16.7 Å². The lowest BCUT2D eigenvalue weighted by atomic mass is 9.76. The Balaban J connectivity index is 2.00. The number of aromatic nitrogens is 2. The average molecular weight is 396 g/mol. The summed E-state index contributed by atoms with van der Waals surface area (Å²) in [6, 6.07) is 31.3. The maximum absolute atomic E-state index is 11.8. The zero-order valence-corrected chi connectivity index (χ0v) is 16.9. The van der Waals surface area contributed by atoms with E-state index in [9.17, 15) is 4.79 Å². The van der Waals surface area contributed by atoms with E-state index >= 15 is 0 Å². The quantitative estimate of drug-likeness (QED) is 0.332. The first-order chi connectivity index (χ1) is 14.8. The highest BCUT2D eigenvalue weighted by Gasteiger charge is 2.39. The lowest BCUT2D eigenvalue weighted by molar-refractivity contribution is -0.140. The molecule has 0 aliphatic carbocycles. The summed E-state index contributed by atoms with van der Waals surface area (Å²) >= 11 is 0. The summed E-state index contributed by atoms with van der Waals surface area (Å²) in [6.45, 7) is 0. The Labute approximate surface area is 176 Å². The van der Waals surface area contributed by atoms with Crippen LogP contribution in [-0.2, 0) is 21.5 Å². The van der Waals surface area contributed by atoms with Crippen LogP contribution in [0.3, 0.4) is 0 Å². The highest BCUT2D eigenvalue weighted by molar-refractivity contribution is 5.69. The minimum absolute atomic E-state index is 0.241. The van der Waals surface area contributed by atoms with Crippen LogP contribution in [0, 0.1) is 0 Å². The van der Waals surface area contributed by atoms with Gasteiger partial charge in [-0.25, -0.2) is 4.98 Å². The number of aryl methyl sites for hydroxylation is 1. The largest absolute Gasteiger partial charge is 0.469 e. The smallest absolute Gasteiger partial charge is 0.305 e. The molecule has 0 spiro atoms. The van der Waals surface area contributed by atoms with E-state index in [-0.39, 0.29) is 12.4 Å². The maximum Gasteiger partial charge on any atom is 0.305 e. The summed E-state index contributed by atoms with van der Waals surface area (Å²) in [6.07, 6.45) is 4.58. The van der Waals surface area contributed by atoms with E-state index < -0.39 is 5.54 Å². The van der Waals surface area contributed by atoms with Crippen molar-refractivity contribution in [3.8, 4) is 0 Å². The number of ether oxygens (including phenoxy) is 1. The molecule has 0 unspecified atom stereocenters. The summed E-state index contributed by atoms with van der Waals surface area (Å²) in [5, 5.41) is 0. The molecule has 0 radical (unpaired) electrons. The molecule has 30 heavy (non-hydrogen) atoms. The Morgan fingerprint density at radius 3 is 1.73 bits per heavy atom. The van der Waals surface area contributed by atoms with Crippen molar-refractivity contribution in [2.24, 2.45) is 0 Å². The molecule has 1 aromatic heterocycles. The monoisotopic (exact) mass is 396 g/mol. The van der Waals surface area contributed by atoms with Gasteiger partial charge in [0, 0.05) is 18.8 Å². The number of esters is 1. The Bertz CT molecular complexity index is 993. The number of rotatable bonds is 7. The summed E-state index contributed by atoms with van der Waals surface area (Å²) in [5.74, 6) is 0.589. The van der Waals surface area contributed by atoms with Crippen LogP contribution in [0.4, 0.5) is 0 Å². The lowest BCUT2D eigenvalue weighted by Gasteiger charge is -2.38. The van der Waals surface area contributed by atoms with Crippen LogP contribution in [0.5, 0.6) is 0 Å². The fraction of sp³-hybridized carbons (Fsp3) is 0.154. The van der Waals surface area contributed by atoms with Gasteiger partial charge in [-0.15, -0.1) is 0 Å². The lowest BCUT2D eigenvalue weighted by Crippen LogP contribution is -2.38. The second-order valence-corrected chi connectivity index (χ2v) is 7.10. The Morgan fingerprint density at radius 1 is 0.833 bits per heavy atom. The molecule has 0 amide bonds. The van der Waals surface area contributed by atoms with E-state index in [0.29, 0.717) is 6.42 Å². The number of hydrogen-bond donors (Lipinski definition) is 0. The second-order valence-electron chi connectivity index (χ2n) is 7.10. The zero-order chi connectivity index (χ0) is 20.8. The van der Waals surface area contributed by atoms with E-state index in [1.165, 1.54) is 7.11 Å². The van der Waals surface area contributed by atoms with E-state index in [0.717, 1.165) is 22.5 Å². The number of carbonyl (C=O) groups is 1. The van der Waals surface area contributed by atoms with Crippen LogP contribution in [0.15, 0.2) is 103 Å². The Morgan fingerprint density at radius 2 is 1.30 bits per heavy atom. The predicted molar refractivity (Wildman–Crippen MR) is 117 cm³/mol. The summed E-state index contributed by atoms with van der Waals surface area (Å²) in [5.41, 5.74) is 2.75. The molecule has 0 fully saturated rings. The molecule has 0 aliphatic rings. The molecular formula is C26H24N2O2. The fourth-order valence-electron chi connectivity index (χ4n) is 4.10. The van der Waals surface area contributed by atoms with E-state index in [4.69, 9.17) is 4.74 Å². The zero-order valence-electron chi connectivity index (χ0n) is 16.9. The third-order valence-electron chi connectivity index (χ3n) is 5.43. The number of nitrogens with zero attached hydrogens (tertiary/aromatic N) is 2. The van der Waals surface area contributed by atoms with Crippen molar-refractivity contribution >= 4 is 5.97 Å². The SMILES string of the molecule is COC(=O)CCc1nccn1C(c1ccccc1)(c1ccccc1)c1ccccc1. The van der Waals surface area contributed by atoms with Crippen LogP contribution < -0.4 is 0 Å². The van der Waals surface area contributed by atoms with Gasteiger partial charge in [-0.3, -0.25) is 4.79 Å². The summed E-state index contributed by atoms with van der Waals surface area (Å²) in [7, 11) is 1.41. The van der Waals surface area contributed by atoms with Gasteiger partial charge in [-0.2, -0.15) is 0 Å². The van der Waals surface area contributed by atoms with E-state index in [1.807, 2.05) is 24.4 Å². The minimum Gasteiger partial charge on any atom is -0.469 e. The maximum atomic E-state index is 11.8. The van der Waals surface area contributed by atoms with Crippen molar-refractivity contribution in [1.29, 1.82) is 0 Å². The molecule has 3 aromatic carbocycles. The van der Waals surface area contributed by atoms with Gasteiger partial charge in [0.05, 0.1) is 13.5 Å². The number of imidazole rings is 1. The van der Waals surface area contributed by atoms with Gasteiger partial charge >= 0.3 is 5.97 Å². The normalized spacial score (nSPS) is 11.2. The van der Waals surface area contributed by atoms with Crippen LogP contribution in [0.1, 0.15) is 28.9 Å². The molecule has 0 bridgehead atoms. The van der Waals surface area contributed by atoms with Gasteiger partial charge in [0.15, 0.2) is 0 Å². The molecule has 0 aliphatic heterocycles. The van der Waals surface area contributed by atoms with Crippen LogP contribution in [0.25, 0.3) is 0 Å². The Kier molecular flexibility index (Phi) is 5.75. The van der Waals surface area contributed by atoms with Crippen LogP contribution >= 0.6 is 0 Å². The first kappa shape index (κ1) is 19.6. The van der Waals surface area contributed by atoms with Crippen molar-refractivity contribution in [1.82, 2.24) is 9.55 Å². The van der Waals surface area contributed by atoms with E-state index in [1.54, 1.807) is 6.20 Å². The topological polar surface area (TPSA) is 44.1 Å². The van der Waals surface area contributed by atoms with Crippen LogP contribution in [0.2, 0.25) is 0 Å².